The average molecular weight is 597 g/mol. The Labute approximate surface area is 245 Å². The molecule has 1 unspecified atom stereocenters. The molecule has 13 heteroatoms. The van der Waals surface area contributed by atoms with E-state index in [4.69, 9.17) is 10.5 Å². The summed E-state index contributed by atoms with van der Waals surface area (Å²) in [5, 5.41) is 15.2. The van der Waals surface area contributed by atoms with Crippen molar-refractivity contribution in [3.8, 4) is 17.0 Å². The first-order valence-electron chi connectivity index (χ1n) is 14.1. The maximum Gasteiger partial charge on any atom is 0.429 e. The number of carbonyl (C=O) groups excluding carboxylic acids is 1. The van der Waals surface area contributed by atoms with E-state index < -0.39 is 24.3 Å². The van der Waals surface area contributed by atoms with Gasteiger partial charge in [0.1, 0.15) is 11.9 Å². The van der Waals surface area contributed by atoms with Crippen LogP contribution in [0.1, 0.15) is 42.9 Å². The van der Waals surface area contributed by atoms with Crippen molar-refractivity contribution in [2.75, 3.05) is 35.6 Å². The summed E-state index contributed by atoms with van der Waals surface area (Å²) >= 11 is 0. The van der Waals surface area contributed by atoms with Crippen LogP contribution in [0.3, 0.4) is 0 Å². The number of fused-ring (bicyclic) bond motifs is 1. The average Bonchev–Trinajstić information content (AvgIpc) is 3.39. The Morgan fingerprint density at radius 3 is 2.47 bits per heavy atom. The van der Waals surface area contributed by atoms with Crippen LogP contribution in [0.25, 0.3) is 11.1 Å². The standard InChI is InChI=1S/C30H31F3N6O4/c31-30(32,33)26(18-3-1-17(2-4-18)19-5-7-21-20(13-19)6-8-24(40)36-21)43-25-14-23(37-28(34)38-25)39-11-9-29(10-12-39)15-22(27(41)42)35-16-29/h1-5,7,13-14,22,26,35H,6,8-12,15-16H2,(H,36,40)(H,41,42)(H2,34,37,38)/t22-,26?/m0/s1. The fourth-order valence-corrected chi connectivity index (χ4v) is 6.19. The van der Waals surface area contributed by atoms with E-state index in [9.17, 15) is 27.9 Å². The molecule has 5 N–H and O–H groups in total. The lowest BCUT2D eigenvalue weighted by molar-refractivity contribution is -0.198. The second-order valence-corrected chi connectivity index (χ2v) is 11.5. The van der Waals surface area contributed by atoms with Crippen LogP contribution in [0, 0.1) is 5.41 Å². The van der Waals surface area contributed by atoms with Crippen molar-refractivity contribution < 1.29 is 32.6 Å². The number of rotatable bonds is 6. The van der Waals surface area contributed by atoms with Gasteiger partial charge in [0, 0.05) is 43.4 Å². The minimum Gasteiger partial charge on any atom is -0.480 e. The molecule has 3 aliphatic heterocycles. The van der Waals surface area contributed by atoms with Crippen LogP contribution in [0.2, 0.25) is 0 Å². The van der Waals surface area contributed by atoms with Crippen molar-refractivity contribution in [3.05, 3.63) is 59.7 Å². The number of hydrogen-bond donors (Lipinski definition) is 4. The zero-order valence-corrected chi connectivity index (χ0v) is 23.2. The Kier molecular flexibility index (Phi) is 7.36. The van der Waals surface area contributed by atoms with Crippen molar-refractivity contribution in [1.82, 2.24) is 15.3 Å². The number of nitrogen functional groups attached to an aromatic ring is 1. The van der Waals surface area contributed by atoms with E-state index in [1.807, 2.05) is 17.0 Å². The molecular formula is C30H31F3N6O4. The molecule has 43 heavy (non-hydrogen) atoms. The first-order valence-corrected chi connectivity index (χ1v) is 14.1. The number of benzene rings is 2. The highest BCUT2D eigenvalue weighted by Gasteiger charge is 2.45. The number of amides is 1. The second-order valence-electron chi connectivity index (χ2n) is 11.5. The maximum absolute atomic E-state index is 14.3. The highest BCUT2D eigenvalue weighted by Crippen LogP contribution is 2.42. The van der Waals surface area contributed by atoms with E-state index in [-0.39, 0.29) is 28.7 Å². The molecule has 0 aliphatic carbocycles. The van der Waals surface area contributed by atoms with E-state index in [1.165, 1.54) is 18.2 Å². The van der Waals surface area contributed by atoms with Gasteiger partial charge >= 0.3 is 12.1 Å². The summed E-state index contributed by atoms with van der Waals surface area (Å²) in [7, 11) is 0. The number of carbonyl (C=O) groups is 2. The molecule has 0 bridgehead atoms. The van der Waals surface area contributed by atoms with Gasteiger partial charge in [0.2, 0.25) is 23.8 Å². The van der Waals surface area contributed by atoms with Crippen molar-refractivity contribution in [1.29, 1.82) is 0 Å². The molecule has 3 aliphatic rings. The van der Waals surface area contributed by atoms with Crippen molar-refractivity contribution in [2.45, 2.75) is 50.4 Å². The van der Waals surface area contributed by atoms with Crippen LogP contribution in [0.5, 0.6) is 5.88 Å². The predicted molar refractivity (Wildman–Crippen MR) is 153 cm³/mol. The molecule has 3 aromatic rings. The molecule has 6 rings (SSSR count). The number of nitrogens with two attached hydrogens (primary N) is 1. The first kappa shape index (κ1) is 28.7. The number of hydrogen-bond acceptors (Lipinski definition) is 8. The SMILES string of the molecule is Nc1nc(OC(c2ccc(-c3ccc4c(c3)CCC(=O)N4)cc2)C(F)(F)F)cc(N2CCC3(CC2)CN[C@H](C(=O)O)C3)n1. The third kappa shape index (κ3) is 6.07. The van der Waals surface area contributed by atoms with E-state index >= 15 is 0 Å². The summed E-state index contributed by atoms with van der Waals surface area (Å²) < 4.78 is 48.2. The van der Waals surface area contributed by atoms with Gasteiger partial charge in [0.05, 0.1) is 0 Å². The molecule has 1 amide bonds. The predicted octanol–water partition coefficient (Wildman–Crippen LogP) is 4.33. The van der Waals surface area contributed by atoms with Crippen LogP contribution < -0.4 is 26.0 Å². The van der Waals surface area contributed by atoms with Crippen molar-refractivity contribution in [2.24, 2.45) is 5.41 Å². The van der Waals surface area contributed by atoms with Crippen LogP contribution >= 0.6 is 0 Å². The minimum atomic E-state index is -4.74. The molecule has 1 aromatic heterocycles. The number of carboxylic acid groups (broad SMARTS) is 1. The van der Waals surface area contributed by atoms with Crippen LogP contribution in [0.15, 0.2) is 48.5 Å². The lowest BCUT2D eigenvalue weighted by Gasteiger charge is -2.39. The summed E-state index contributed by atoms with van der Waals surface area (Å²) in [6.45, 7) is 1.70. The Balaban J connectivity index is 1.18. The maximum atomic E-state index is 14.3. The summed E-state index contributed by atoms with van der Waals surface area (Å²) in [6, 6.07) is 12.3. The van der Waals surface area contributed by atoms with Gasteiger partial charge in [-0.3, -0.25) is 9.59 Å². The van der Waals surface area contributed by atoms with Gasteiger partial charge in [-0.1, -0.05) is 30.3 Å². The number of aromatic nitrogens is 2. The summed E-state index contributed by atoms with van der Waals surface area (Å²) in [5.41, 5.74) is 8.93. The quantitative estimate of drug-likeness (QED) is 0.327. The number of aryl methyl sites for hydroxylation is 1. The molecule has 2 aromatic carbocycles. The van der Waals surface area contributed by atoms with Gasteiger partial charge in [-0.25, -0.2) is 0 Å². The molecule has 2 fully saturated rings. The number of carboxylic acids is 1. The highest BCUT2D eigenvalue weighted by atomic mass is 19.4. The van der Waals surface area contributed by atoms with Crippen LogP contribution in [-0.2, 0) is 16.0 Å². The topological polar surface area (TPSA) is 143 Å². The molecule has 0 radical (unpaired) electrons. The highest BCUT2D eigenvalue weighted by molar-refractivity contribution is 5.94. The smallest absolute Gasteiger partial charge is 0.429 e. The van der Waals surface area contributed by atoms with Gasteiger partial charge in [0.25, 0.3) is 0 Å². The fraction of sp³-hybridized carbons (Fsp3) is 0.400. The normalized spacial score (nSPS) is 20.4. The first-order chi connectivity index (χ1) is 20.5. The van der Waals surface area contributed by atoms with Gasteiger partial charge in [0.15, 0.2) is 0 Å². The van der Waals surface area contributed by atoms with E-state index in [0.717, 1.165) is 22.4 Å². The van der Waals surface area contributed by atoms with E-state index in [0.29, 0.717) is 57.6 Å². The van der Waals surface area contributed by atoms with Gasteiger partial charge in [-0.05, 0) is 59.9 Å². The number of aliphatic carboxylic acids is 1. The Bertz CT molecular complexity index is 1540. The number of piperidine rings is 1. The zero-order valence-electron chi connectivity index (χ0n) is 23.2. The van der Waals surface area contributed by atoms with Gasteiger partial charge in [-0.2, -0.15) is 23.1 Å². The second kappa shape index (κ2) is 11.0. The Hall–Kier alpha value is -4.39. The molecule has 2 saturated heterocycles. The minimum absolute atomic E-state index is 0.0398. The molecule has 1 spiro atoms. The van der Waals surface area contributed by atoms with Crippen LogP contribution in [-0.4, -0.2) is 58.8 Å². The monoisotopic (exact) mass is 596 g/mol. The molecule has 226 valence electrons. The third-order valence-corrected chi connectivity index (χ3v) is 8.60. The Morgan fingerprint density at radius 2 is 1.79 bits per heavy atom. The van der Waals surface area contributed by atoms with Gasteiger partial charge < -0.3 is 31.1 Å². The molecule has 10 nitrogen and oxygen atoms in total. The van der Waals surface area contributed by atoms with Crippen molar-refractivity contribution >= 4 is 29.3 Å². The molecule has 2 atom stereocenters. The summed E-state index contributed by atoms with van der Waals surface area (Å²) in [4.78, 5) is 33.1. The summed E-state index contributed by atoms with van der Waals surface area (Å²) in [6.07, 6.45) is -4.09. The number of nitrogens with zero attached hydrogens (tertiary/aromatic N) is 3. The van der Waals surface area contributed by atoms with Crippen LogP contribution in [0.4, 0.5) is 30.6 Å². The lowest BCUT2D eigenvalue weighted by atomic mass is 9.76. The number of alkyl halides is 3. The number of halogens is 3. The zero-order chi connectivity index (χ0) is 30.4. The lowest BCUT2D eigenvalue weighted by Crippen LogP contribution is -2.41. The Morgan fingerprint density at radius 1 is 1.07 bits per heavy atom. The largest absolute Gasteiger partial charge is 0.480 e. The summed E-state index contributed by atoms with van der Waals surface area (Å²) in [5.74, 6) is -1.05. The number of anilines is 3. The van der Waals surface area contributed by atoms with E-state index in [1.54, 1.807) is 18.2 Å². The molecular weight excluding hydrogens is 565 g/mol. The fourth-order valence-electron chi connectivity index (χ4n) is 6.19. The van der Waals surface area contributed by atoms with E-state index in [2.05, 4.69) is 20.6 Å². The van der Waals surface area contributed by atoms with Crippen molar-refractivity contribution in [3.63, 3.8) is 0 Å². The number of ether oxygens (including phenoxy) is 1. The molecule has 0 saturated carbocycles. The molecule has 4 heterocycles. The van der Waals surface area contributed by atoms with Gasteiger partial charge in [-0.15, -0.1) is 0 Å². The third-order valence-electron chi connectivity index (χ3n) is 8.60. The number of nitrogens with one attached hydrogen (secondary N) is 2.